The molecule has 0 aromatic heterocycles. The average Bonchev–Trinajstić information content (AvgIpc) is 2.59. The molecule has 0 aliphatic heterocycles. The Morgan fingerprint density at radius 3 is 2.50 bits per heavy atom. The van der Waals surface area contributed by atoms with Gasteiger partial charge in [0.05, 0.1) is 6.10 Å². The summed E-state index contributed by atoms with van der Waals surface area (Å²) >= 11 is 1.47. The molecule has 0 saturated carbocycles. The molecule has 0 bridgehead atoms. The Labute approximate surface area is 149 Å². The van der Waals surface area contributed by atoms with Gasteiger partial charge in [-0.05, 0) is 56.2 Å². The molecule has 0 aliphatic rings. The molecule has 0 heterocycles. The van der Waals surface area contributed by atoms with Crippen LogP contribution in [0, 0.1) is 0 Å². The number of nitrogens with one attached hydrogen (secondary N) is 1. The Morgan fingerprint density at radius 1 is 1.12 bits per heavy atom. The van der Waals surface area contributed by atoms with Crippen molar-refractivity contribution in [3.05, 3.63) is 59.7 Å². The molecule has 3 N–H and O–H groups in total. The largest absolute Gasteiger partial charge is 0.507 e. The Hall–Kier alpha value is -1.49. The molecule has 0 spiro atoms. The molecule has 2 aromatic carbocycles. The SMILES string of the molecule is CSc1cc(C(O)CNC(C)(C)CCc2ccccc2)ccc1O. The van der Waals surface area contributed by atoms with Gasteiger partial charge in [0.1, 0.15) is 5.75 Å². The molecule has 24 heavy (non-hydrogen) atoms. The summed E-state index contributed by atoms with van der Waals surface area (Å²) in [7, 11) is 0. The average molecular weight is 346 g/mol. The maximum Gasteiger partial charge on any atom is 0.129 e. The number of β-amino-alcohol motifs (C(OH)–C–C–N with tert-alkyl or cyclic N) is 1. The second kappa shape index (κ2) is 8.56. The highest BCUT2D eigenvalue weighted by molar-refractivity contribution is 7.98. The van der Waals surface area contributed by atoms with Gasteiger partial charge in [-0.15, -0.1) is 11.8 Å². The van der Waals surface area contributed by atoms with Crippen molar-refractivity contribution in [3.63, 3.8) is 0 Å². The summed E-state index contributed by atoms with van der Waals surface area (Å²) in [5.74, 6) is 0.259. The van der Waals surface area contributed by atoms with Crippen molar-refractivity contribution in [2.75, 3.05) is 12.8 Å². The molecule has 2 aromatic rings. The fourth-order valence-corrected chi connectivity index (χ4v) is 3.11. The standard InChI is InChI=1S/C20H27NO2S/c1-20(2,12-11-15-7-5-4-6-8-15)21-14-18(23)16-9-10-17(22)19(13-16)24-3/h4-10,13,18,21-23H,11-12,14H2,1-3H3. The molecule has 3 nitrogen and oxygen atoms in total. The Balaban J connectivity index is 1.88. The summed E-state index contributed by atoms with van der Waals surface area (Å²) in [4.78, 5) is 0.787. The maximum atomic E-state index is 10.4. The van der Waals surface area contributed by atoms with Gasteiger partial charge in [0.15, 0.2) is 0 Å². The van der Waals surface area contributed by atoms with Crippen LogP contribution >= 0.6 is 11.8 Å². The zero-order chi connectivity index (χ0) is 17.6. The highest BCUT2D eigenvalue weighted by Gasteiger charge is 2.19. The van der Waals surface area contributed by atoms with Crippen molar-refractivity contribution in [1.82, 2.24) is 5.32 Å². The summed E-state index contributed by atoms with van der Waals surface area (Å²) in [5, 5.41) is 23.6. The normalized spacial score (nSPS) is 13.0. The van der Waals surface area contributed by atoms with E-state index < -0.39 is 6.10 Å². The second-order valence-corrected chi connectivity index (χ2v) is 7.55. The predicted molar refractivity (Wildman–Crippen MR) is 102 cm³/mol. The summed E-state index contributed by atoms with van der Waals surface area (Å²) in [5.41, 5.74) is 2.09. The number of rotatable bonds is 8. The van der Waals surface area contributed by atoms with Crippen molar-refractivity contribution in [1.29, 1.82) is 0 Å². The van der Waals surface area contributed by atoms with E-state index in [1.54, 1.807) is 12.1 Å². The van der Waals surface area contributed by atoms with Crippen LogP contribution in [0.2, 0.25) is 0 Å². The van der Waals surface area contributed by atoms with Gasteiger partial charge < -0.3 is 15.5 Å². The van der Waals surface area contributed by atoms with E-state index in [4.69, 9.17) is 0 Å². The summed E-state index contributed by atoms with van der Waals surface area (Å²) in [6, 6.07) is 15.7. The van der Waals surface area contributed by atoms with Gasteiger partial charge in [-0.25, -0.2) is 0 Å². The fraction of sp³-hybridized carbons (Fsp3) is 0.400. The smallest absolute Gasteiger partial charge is 0.129 e. The van der Waals surface area contributed by atoms with Gasteiger partial charge >= 0.3 is 0 Å². The number of aromatic hydroxyl groups is 1. The minimum Gasteiger partial charge on any atom is -0.507 e. The number of thioether (sulfide) groups is 1. The minimum atomic E-state index is -0.590. The summed E-state index contributed by atoms with van der Waals surface area (Å²) in [6.45, 7) is 4.81. The first-order valence-electron chi connectivity index (χ1n) is 8.25. The van der Waals surface area contributed by atoms with Crippen LogP contribution in [0.25, 0.3) is 0 Å². The van der Waals surface area contributed by atoms with Crippen LogP contribution in [0.4, 0.5) is 0 Å². The molecule has 4 heteroatoms. The van der Waals surface area contributed by atoms with E-state index in [0.717, 1.165) is 23.3 Å². The first kappa shape index (κ1) is 18.8. The van der Waals surface area contributed by atoms with E-state index in [2.05, 4.69) is 43.4 Å². The van der Waals surface area contributed by atoms with Crippen molar-refractivity contribution < 1.29 is 10.2 Å². The molecule has 1 atom stereocenters. The number of aryl methyl sites for hydroxylation is 1. The van der Waals surface area contributed by atoms with Gasteiger partial charge in [0, 0.05) is 17.0 Å². The van der Waals surface area contributed by atoms with E-state index in [1.807, 2.05) is 18.4 Å². The Bertz CT molecular complexity index is 643. The molecule has 2 rings (SSSR count). The molecule has 0 aliphatic carbocycles. The van der Waals surface area contributed by atoms with Crippen LogP contribution in [0.1, 0.15) is 37.5 Å². The molecular formula is C20H27NO2S. The number of aliphatic hydroxyl groups excluding tert-OH is 1. The highest BCUT2D eigenvalue weighted by atomic mass is 32.2. The molecular weight excluding hydrogens is 318 g/mol. The van der Waals surface area contributed by atoms with Crippen molar-refractivity contribution in [2.45, 2.75) is 43.2 Å². The van der Waals surface area contributed by atoms with Gasteiger partial charge in [0.2, 0.25) is 0 Å². The van der Waals surface area contributed by atoms with Gasteiger partial charge in [0.25, 0.3) is 0 Å². The molecule has 0 saturated heterocycles. The lowest BCUT2D eigenvalue weighted by Crippen LogP contribution is -2.42. The quantitative estimate of drug-likeness (QED) is 0.629. The molecule has 0 amide bonds. The summed E-state index contributed by atoms with van der Waals surface area (Å²) in [6.07, 6.45) is 3.32. The zero-order valence-corrected chi connectivity index (χ0v) is 15.4. The highest BCUT2D eigenvalue weighted by Crippen LogP contribution is 2.29. The molecule has 0 fully saturated rings. The van der Waals surface area contributed by atoms with E-state index in [1.165, 1.54) is 17.3 Å². The number of aliphatic hydroxyl groups is 1. The lowest BCUT2D eigenvalue weighted by Gasteiger charge is -2.28. The van der Waals surface area contributed by atoms with E-state index in [-0.39, 0.29) is 11.3 Å². The van der Waals surface area contributed by atoms with Crippen LogP contribution in [0.15, 0.2) is 53.4 Å². The van der Waals surface area contributed by atoms with Gasteiger partial charge in [-0.2, -0.15) is 0 Å². The number of hydrogen-bond donors (Lipinski definition) is 3. The topological polar surface area (TPSA) is 52.5 Å². The summed E-state index contributed by atoms with van der Waals surface area (Å²) < 4.78 is 0. The second-order valence-electron chi connectivity index (χ2n) is 6.70. The van der Waals surface area contributed by atoms with Crippen LogP contribution in [-0.4, -0.2) is 28.6 Å². The lowest BCUT2D eigenvalue weighted by atomic mass is 9.94. The van der Waals surface area contributed by atoms with Crippen molar-refractivity contribution >= 4 is 11.8 Å². The number of phenols is 1. The van der Waals surface area contributed by atoms with E-state index >= 15 is 0 Å². The van der Waals surface area contributed by atoms with Gasteiger partial charge in [-0.3, -0.25) is 0 Å². The third-order valence-electron chi connectivity index (χ3n) is 4.24. The zero-order valence-electron chi connectivity index (χ0n) is 14.6. The van der Waals surface area contributed by atoms with Gasteiger partial charge in [-0.1, -0.05) is 36.4 Å². The first-order chi connectivity index (χ1) is 11.4. The third kappa shape index (κ3) is 5.55. The van der Waals surface area contributed by atoms with Crippen molar-refractivity contribution in [2.24, 2.45) is 0 Å². The predicted octanol–water partition coefficient (Wildman–Crippen LogP) is 4.15. The third-order valence-corrected chi connectivity index (χ3v) is 5.01. The number of hydrogen-bond acceptors (Lipinski definition) is 4. The first-order valence-corrected chi connectivity index (χ1v) is 9.48. The Morgan fingerprint density at radius 2 is 1.83 bits per heavy atom. The van der Waals surface area contributed by atoms with Crippen LogP contribution < -0.4 is 5.32 Å². The number of phenolic OH excluding ortho intramolecular Hbond substituents is 1. The van der Waals surface area contributed by atoms with E-state index in [0.29, 0.717) is 6.54 Å². The molecule has 130 valence electrons. The molecule has 0 radical (unpaired) electrons. The van der Waals surface area contributed by atoms with Crippen LogP contribution in [-0.2, 0) is 6.42 Å². The van der Waals surface area contributed by atoms with Crippen LogP contribution in [0.5, 0.6) is 5.75 Å². The Kier molecular flexibility index (Phi) is 6.72. The van der Waals surface area contributed by atoms with Crippen molar-refractivity contribution in [3.8, 4) is 5.75 Å². The minimum absolute atomic E-state index is 0.0594. The van der Waals surface area contributed by atoms with E-state index in [9.17, 15) is 10.2 Å². The lowest BCUT2D eigenvalue weighted by molar-refractivity contribution is 0.159. The molecule has 1 unspecified atom stereocenters. The fourth-order valence-electron chi connectivity index (χ4n) is 2.58. The maximum absolute atomic E-state index is 10.4. The van der Waals surface area contributed by atoms with Crippen LogP contribution in [0.3, 0.4) is 0 Å². The number of benzene rings is 2. The monoisotopic (exact) mass is 345 g/mol.